The van der Waals surface area contributed by atoms with Gasteiger partial charge in [0, 0.05) is 22.9 Å². The highest BCUT2D eigenvalue weighted by Crippen LogP contribution is 2.35. The fourth-order valence-electron chi connectivity index (χ4n) is 4.07. The molecule has 0 saturated heterocycles. The molecule has 0 radical (unpaired) electrons. The lowest BCUT2D eigenvalue weighted by Gasteiger charge is -2.27. The van der Waals surface area contributed by atoms with E-state index in [4.69, 9.17) is 14.8 Å². The molecule has 6 nitrogen and oxygen atoms in total. The first-order chi connectivity index (χ1) is 15.4. The predicted octanol–water partition coefficient (Wildman–Crippen LogP) is 5.28. The minimum Gasteiger partial charge on any atom is -0.391 e. The zero-order valence-corrected chi connectivity index (χ0v) is 18.6. The number of amides is 1. The molecule has 0 N–H and O–H groups in total. The molecule has 0 bridgehead atoms. The number of carbonyl (C=O) groups excluding carboxylic acids is 1. The van der Waals surface area contributed by atoms with Gasteiger partial charge in [-0.3, -0.25) is 0 Å². The minimum atomic E-state index is -0.359. The predicted molar refractivity (Wildman–Crippen MR) is 124 cm³/mol. The number of pyridine rings is 1. The van der Waals surface area contributed by atoms with Gasteiger partial charge in [0.15, 0.2) is 5.65 Å². The number of para-hydroxylation sites is 1. The fourth-order valence-corrected chi connectivity index (χ4v) is 4.07. The van der Waals surface area contributed by atoms with Crippen LogP contribution >= 0.6 is 0 Å². The van der Waals surface area contributed by atoms with E-state index in [2.05, 4.69) is 39.0 Å². The summed E-state index contributed by atoms with van der Waals surface area (Å²) in [6, 6.07) is 22.2. The largest absolute Gasteiger partial charge is 0.416 e. The van der Waals surface area contributed by atoms with Gasteiger partial charge in [-0.1, -0.05) is 69.3 Å². The van der Waals surface area contributed by atoms with Gasteiger partial charge in [-0.25, -0.2) is 9.48 Å². The third-order valence-corrected chi connectivity index (χ3v) is 5.73. The number of benzene rings is 2. The van der Waals surface area contributed by atoms with Crippen molar-refractivity contribution in [2.24, 2.45) is 0 Å². The van der Waals surface area contributed by atoms with Crippen LogP contribution in [-0.2, 0) is 18.4 Å². The lowest BCUT2D eigenvalue weighted by Crippen LogP contribution is -2.38. The molecule has 0 atom stereocenters. The molecule has 5 rings (SSSR count). The second-order valence-electron chi connectivity index (χ2n) is 9.19. The Morgan fingerprint density at radius 1 is 1.00 bits per heavy atom. The van der Waals surface area contributed by atoms with Crippen LogP contribution in [0.25, 0.3) is 16.7 Å². The average molecular weight is 427 g/mol. The van der Waals surface area contributed by atoms with Crippen LogP contribution in [0.3, 0.4) is 0 Å². The smallest absolute Gasteiger partial charge is 0.391 e. The maximum absolute atomic E-state index is 12.7. The van der Waals surface area contributed by atoms with E-state index in [9.17, 15) is 4.79 Å². The van der Waals surface area contributed by atoms with Crippen molar-refractivity contribution in [2.75, 3.05) is 6.54 Å². The maximum atomic E-state index is 12.7. The van der Waals surface area contributed by atoms with Crippen molar-refractivity contribution in [1.29, 1.82) is 0 Å². The normalized spacial score (nSPS) is 13.8. The van der Waals surface area contributed by atoms with Crippen LogP contribution in [0, 0.1) is 0 Å². The average Bonchev–Trinajstić information content (AvgIpc) is 3.16. The molecule has 0 fully saturated rings. The van der Waals surface area contributed by atoms with Crippen LogP contribution < -0.4 is 4.74 Å². The Labute approximate surface area is 187 Å². The zero-order chi connectivity index (χ0) is 22.3. The molecule has 4 aromatic rings. The highest BCUT2D eigenvalue weighted by Gasteiger charge is 2.30. The summed E-state index contributed by atoms with van der Waals surface area (Å²) in [7, 11) is 0. The number of ether oxygens (including phenoxy) is 1. The van der Waals surface area contributed by atoms with Crippen molar-refractivity contribution >= 4 is 17.1 Å². The lowest BCUT2D eigenvalue weighted by molar-refractivity contribution is 0.136. The first kappa shape index (κ1) is 20.2. The van der Waals surface area contributed by atoms with Crippen molar-refractivity contribution in [3.63, 3.8) is 0 Å². The van der Waals surface area contributed by atoms with Crippen LogP contribution in [0.4, 0.5) is 4.79 Å². The van der Waals surface area contributed by atoms with Crippen LogP contribution in [0.2, 0.25) is 0 Å². The molecule has 0 unspecified atom stereocenters. The molecule has 0 spiro atoms. The molecule has 6 heteroatoms. The van der Waals surface area contributed by atoms with Crippen molar-refractivity contribution < 1.29 is 9.53 Å². The van der Waals surface area contributed by atoms with E-state index in [1.54, 1.807) is 4.90 Å². The van der Waals surface area contributed by atoms with Crippen LogP contribution in [-0.4, -0.2) is 32.3 Å². The minimum absolute atomic E-state index is 0.160. The second-order valence-corrected chi connectivity index (χ2v) is 9.19. The number of hydrogen-bond acceptors (Lipinski definition) is 4. The Balaban J connectivity index is 1.53. The Hall–Kier alpha value is -3.67. The molecule has 3 heterocycles. The van der Waals surface area contributed by atoms with Crippen molar-refractivity contribution in [3.05, 3.63) is 83.6 Å². The summed E-state index contributed by atoms with van der Waals surface area (Å²) >= 11 is 0. The van der Waals surface area contributed by atoms with Crippen molar-refractivity contribution in [2.45, 2.75) is 39.2 Å². The highest BCUT2D eigenvalue weighted by atomic mass is 16.6. The zero-order valence-electron chi connectivity index (χ0n) is 18.6. The number of carbonyl (C=O) groups is 1. The maximum Gasteiger partial charge on any atom is 0.416 e. The summed E-state index contributed by atoms with van der Waals surface area (Å²) in [6.07, 6.45) is 0.419. The first-order valence-corrected chi connectivity index (χ1v) is 10.9. The molecule has 2 aromatic heterocycles. The third-order valence-electron chi connectivity index (χ3n) is 5.73. The first-order valence-electron chi connectivity index (χ1n) is 10.9. The summed E-state index contributed by atoms with van der Waals surface area (Å²) in [4.78, 5) is 19.2. The molecule has 1 aliphatic rings. The number of hydrogen-bond donors (Lipinski definition) is 0. The van der Waals surface area contributed by atoms with Crippen LogP contribution in [0.5, 0.6) is 5.88 Å². The van der Waals surface area contributed by atoms with E-state index in [1.807, 2.05) is 53.2 Å². The van der Waals surface area contributed by atoms with Gasteiger partial charge < -0.3 is 9.64 Å². The summed E-state index contributed by atoms with van der Waals surface area (Å²) in [5.41, 5.74) is 4.53. The molecule has 162 valence electrons. The van der Waals surface area contributed by atoms with E-state index in [-0.39, 0.29) is 11.5 Å². The molecule has 0 saturated carbocycles. The van der Waals surface area contributed by atoms with Crippen molar-refractivity contribution in [3.8, 4) is 11.6 Å². The molecular formula is C26H26N4O2. The highest BCUT2D eigenvalue weighted by molar-refractivity contribution is 5.84. The number of rotatable bonds is 4. The number of fused-ring (bicyclic) bond motifs is 2. The van der Waals surface area contributed by atoms with Gasteiger partial charge in [-0.15, -0.1) is 0 Å². The SMILES string of the molecule is CC(C)(C)c1nn(-c2ccccc2)c2nc3c(cc12)CN(CCc1ccccc1)C(=O)O3. The monoisotopic (exact) mass is 426 g/mol. The lowest BCUT2D eigenvalue weighted by atomic mass is 9.90. The van der Waals surface area contributed by atoms with Crippen LogP contribution in [0.1, 0.15) is 37.6 Å². The Morgan fingerprint density at radius 3 is 2.38 bits per heavy atom. The van der Waals surface area contributed by atoms with Gasteiger partial charge in [0.2, 0.25) is 5.88 Å². The Morgan fingerprint density at radius 2 is 1.69 bits per heavy atom. The van der Waals surface area contributed by atoms with Gasteiger partial charge in [-0.05, 0) is 30.2 Å². The second kappa shape index (κ2) is 7.79. The quantitative estimate of drug-likeness (QED) is 0.446. The van der Waals surface area contributed by atoms with E-state index >= 15 is 0 Å². The number of aromatic nitrogens is 3. The Bertz CT molecular complexity index is 1270. The molecule has 1 aliphatic heterocycles. The van der Waals surface area contributed by atoms with Gasteiger partial charge in [0.05, 0.1) is 17.9 Å². The molecule has 0 aliphatic carbocycles. The van der Waals surface area contributed by atoms with Gasteiger partial charge in [0.25, 0.3) is 0 Å². The van der Waals surface area contributed by atoms with Gasteiger partial charge in [0.1, 0.15) is 0 Å². The van der Waals surface area contributed by atoms with Crippen LogP contribution in [0.15, 0.2) is 66.7 Å². The molecular weight excluding hydrogens is 400 g/mol. The molecule has 32 heavy (non-hydrogen) atoms. The van der Waals surface area contributed by atoms with E-state index in [0.717, 1.165) is 28.8 Å². The van der Waals surface area contributed by atoms with Gasteiger partial charge in [-0.2, -0.15) is 10.1 Å². The van der Waals surface area contributed by atoms with Crippen molar-refractivity contribution in [1.82, 2.24) is 19.7 Å². The molecule has 2 aromatic carbocycles. The van der Waals surface area contributed by atoms with Gasteiger partial charge >= 0.3 is 6.09 Å². The fraction of sp³-hybridized carbons (Fsp3) is 0.269. The molecule has 1 amide bonds. The summed E-state index contributed by atoms with van der Waals surface area (Å²) in [5, 5.41) is 5.90. The van der Waals surface area contributed by atoms with E-state index < -0.39 is 0 Å². The number of nitrogens with zero attached hydrogens (tertiary/aromatic N) is 4. The third kappa shape index (κ3) is 3.73. The topological polar surface area (TPSA) is 60.2 Å². The van der Waals surface area contributed by atoms with E-state index in [0.29, 0.717) is 24.6 Å². The van der Waals surface area contributed by atoms with E-state index in [1.165, 1.54) is 5.56 Å². The summed E-state index contributed by atoms with van der Waals surface area (Å²) < 4.78 is 7.50. The summed E-state index contributed by atoms with van der Waals surface area (Å²) in [5.74, 6) is 0.371. The summed E-state index contributed by atoms with van der Waals surface area (Å²) in [6.45, 7) is 7.51. The standard InChI is InChI=1S/C26H26N4O2/c1-26(2,3)22-21-16-19-17-29(15-14-18-10-6-4-7-11-18)25(31)32-24(19)27-23(21)30(28-22)20-12-8-5-9-13-20/h4-13,16H,14-15,17H2,1-3H3. The Kier molecular flexibility index (Phi) is 4.93.